The van der Waals surface area contributed by atoms with Crippen molar-refractivity contribution in [2.24, 2.45) is 11.7 Å². The lowest BCUT2D eigenvalue weighted by Crippen LogP contribution is -2.41. The molecule has 2 aromatic rings. The quantitative estimate of drug-likeness (QED) is 0.819. The van der Waals surface area contributed by atoms with Gasteiger partial charge in [0, 0.05) is 11.5 Å². The van der Waals surface area contributed by atoms with E-state index in [0.717, 1.165) is 55.9 Å². The Hall–Kier alpha value is -2.48. The summed E-state index contributed by atoms with van der Waals surface area (Å²) in [6, 6.07) is 8.29. The summed E-state index contributed by atoms with van der Waals surface area (Å²) in [5, 5.41) is 12.8. The zero-order valence-corrected chi connectivity index (χ0v) is 16.3. The molecule has 1 aromatic carbocycles. The number of piperidine rings is 1. The summed E-state index contributed by atoms with van der Waals surface area (Å²) in [7, 11) is 1.69. The van der Waals surface area contributed by atoms with Crippen LogP contribution in [0.3, 0.4) is 0 Å². The second kappa shape index (κ2) is 8.26. The molecule has 0 unspecified atom stereocenters. The smallest absolute Gasteiger partial charge is 0.220 e. The summed E-state index contributed by atoms with van der Waals surface area (Å²) >= 11 is 0. The third-order valence-corrected chi connectivity index (χ3v) is 6.16. The highest BCUT2D eigenvalue weighted by molar-refractivity contribution is 5.76. The molecule has 2 aliphatic rings. The van der Waals surface area contributed by atoms with Crippen LogP contribution in [0, 0.1) is 5.92 Å². The monoisotopic (exact) mass is 384 g/mol. The van der Waals surface area contributed by atoms with E-state index >= 15 is 0 Å². The number of amides is 1. The number of nitrogens with zero attached hydrogens (tertiary/aromatic N) is 5. The predicted octanol–water partition coefficient (Wildman–Crippen LogP) is 2.08. The van der Waals surface area contributed by atoms with Crippen molar-refractivity contribution < 1.29 is 9.53 Å². The Morgan fingerprint density at radius 2 is 1.89 bits per heavy atom. The minimum atomic E-state index is -0.204. The molecule has 1 atom stereocenters. The van der Waals surface area contributed by atoms with Gasteiger partial charge in [-0.15, -0.1) is 5.10 Å². The van der Waals surface area contributed by atoms with Crippen molar-refractivity contribution in [3.63, 3.8) is 0 Å². The first-order chi connectivity index (χ1) is 13.7. The molecule has 4 rings (SSSR count). The Labute approximate surface area is 165 Å². The zero-order valence-electron chi connectivity index (χ0n) is 16.3. The third-order valence-electron chi connectivity index (χ3n) is 6.16. The first kappa shape index (κ1) is 18.9. The van der Waals surface area contributed by atoms with Gasteiger partial charge in [-0.3, -0.25) is 9.69 Å². The number of aromatic nitrogens is 4. The molecule has 1 aromatic heterocycles. The number of benzene rings is 1. The molecular formula is C20H28N6O2. The lowest BCUT2D eigenvalue weighted by atomic mass is 9.93. The zero-order chi connectivity index (χ0) is 19.5. The van der Waals surface area contributed by atoms with E-state index in [-0.39, 0.29) is 17.9 Å². The summed E-state index contributed by atoms with van der Waals surface area (Å²) in [4.78, 5) is 14.0. The second-order valence-corrected chi connectivity index (χ2v) is 7.78. The number of para-hydroxylation sites is 1. The van der Waals surface area contributed by atoms with Crippen molar-refractivity contribution in [3.05, 3.63) is 35.7 Å². The number of hydrogen-bond donors (Lipinski definition) is 1. The number of carbonyl (C=O) groups excluding carboxylic acids is 1. The molecule has 8 heteroatoms. The van der Waals surface area contributed by atoms with Crippen molar-refractivity contribution in [3.8, 4) is 5.75 Å². The van der Waals surface area contributed by atoms with Gasteiger partial charge in [-0.05, 0) is 55.3 Å². The summed E-state index contributed by atoms with van der Waals surface area (Å²) in [5.74, 6) is 1.42. The van der Waals surface area contributed by atoms with Crippen LogP contribution in [0.2, 0.25) is 0 Å². The van der Waals surface area contributed by atoms with Crippen molar-refractivity contribution in [1.29, 1.82) is 0 Å². The van der Waals surface area contributed by atoms with E-state index in [1.165, 1.54) is 12.8 Å². The number of ether oxygens (including phenoxy) is 1. The fourth-order valence-electron chi connectivity index (χ4n) is 4.62. The Morgan fingerprint density at radius 1 is 1.18 bits per heavy atom. The first-order valence-corrected chi connectivity index (χ1v) is 10.1. The molecule has 150 valence electrons. The van der Waals surface area contributed by atoms with Gasteiger partial charge in [-0.25, -0.2) is 4.68 Å². The Morgan fingerprint density at radius 3 is 2.57 bits per heavy atom. The summed E-state index contributed by atoms with van der Waals surface area (Å²) in [6.07, 6.45) is 6.17. The van der Waals surface area contributed by atoms with Gasteiger partial charge in [0.05, 0.1) is 13.2 Å². The van der Waals surface area contributed by atoms with Crippen LogP contribution in [0.25, 0.3) is 0 Å². The van der Waals surface area contributed by atoms with E-state index in [1.54, 1.807) is 7.11 Å². The minimum Gasteiger partial charge on any atom is -0.496 e. The van der Waals surface area contributed by atoms with Crippen LogP contribution < -0.4 is 10.5 Å². The van der Waals surface area contributed by atoms with Gasteiger partial charge < -0.3 is 10.5 Å². The van der Waals surface area contributed by atoms with Crippen LogP contribution in [-0.4, -0.2) is 51.2 Å². The Bertz CT molecular complexity index is 809. The second-order valence-electron chi connectivity index (χ2n) is 7.78. The van der Waals surface area contributed by atoms with Gasteiger partial charge in [0.1, 0.15) is 11.8 Å². The number of nitrogens with two attached hydrogens (primary N) is 1. The molecule has 8 nitrogen and oxygen atoms in total. The number of primary amides is 1. The van der Waals surface area contributed by atoms with E-state index in [2.05, 4.69) is 26.5 Å². The number of carbonyl (C=O) groups is 1. The average molecular weight is 384 g/mol. The fraction of sp³-hybridized carbons (Fsp3) is 0.600. The lowest BCUT2D eigenvalue weighted by Gasteiger charge is -2.37. The fourth-order valence-corrected chi connectivity index (χ4v) is 4.62. The van der Waals surface area contributed by atoms with Crippen molar-refractivity contribution in [1.82, 2.24) is 25.1 Å². The molecular weight excluding hydrogens is 356 g/mol. The molecule has 2 heterocycles. The van der Waals surface area contributed by atoms with Gasteiger partial charge in [0.25, 0.3) is 0 Å². The SMILES string of the molecule is COc1ccccc1[C@@H](c1nnnn1C1CCCC1)N1CCC(C(N)=O)CC1. The molecule has 2 fully saturated rings. The summed E-state index contributed by atoms with van der Waals surface area (Å²) < 4.78 is 7.68. The number of tetrazole rings is 1. The molecule has 1 saturated heterocycles. The maximum absolute atomic E-state index is 11.6. The molecule has 0 radical (unpaired) electrons. The first-order valence-electron chi connectivity index (χ1n) is 10.1. The Balaban J connectivity index is 1.71. The molecule has 2 N–H and O–H groups in total. The maximum Gasteiger partial charge on any atom is 0.220 e. The van der Waals surface area contributed by atoms with E-state index in [1.807, 2.05) is 22.9 Å². The van der Waals surface area contributed by atoms with E-state index in [0.29, 0.717) is 6.04 Å². The van der Waals surface area contributed by atoms with Gasteiger partial charge in [0.15, 0.2) is 5.82 Å². The van der Waals surface area contributed by atoms with Crippen molar-refractivity contribution in [2.75, 3.05) is 20.2 Å². The summed E-state index contributed by atoms with van der Waals surface area (Å²) in [5.41, 5.74) is 6.59. The molecule has 28 heavy (non-hydrogen) atoms. The van der Waals surface area contributed by atoms with Crippen LogP contribution in [0.1, 0.15) is 62.0 Å². The molecule has 1 aliphatic heterocycles. The van der Waals surface area contributed by atoms with Crippen LogP contribution in [0.4, 0.5) is 0 Å². The highest BCUT2D eigenvalue weighted by atomic mass is 16.5. The van der Waals surface area contributed by atoms with Gasteiger partial charge in [-0.2, -0.15) is 0 Å². The highest BCUT2D eigenvalue weighted by Crippen LogP contribution is 2.38. The van der Waals surface area contributed by atoms with Gasteiger partial charge in [-0.1, -0.05) is 31.0 Å². The largest absolute Gasteiger partial charge is 0.496 e. The maximum atomic E-state index is 11.6. The number of methoxy groups -OCH3 is 1. The average Bonchev–Trinajstić information content (AvgIpc) is 3.41. The lowest BCUT2D eigenvalue weighted by molar-refractivity contribution is -0.123. The van der Waals surface area contributed by atoms with E-state index in [4.69, 9.17) is 10.5 Å². The van der Waals surface area contributed by atoms with Crippen LogP contribution in [-0.2, 0) is 4.79 Å². The van der Waals surface area contributed by atoms with E-state index in [9.17, 15) is 4.79 Å². The standard InChI is InChI=1S/C20H28N6O2/c1-28-17-9-5-4-8-16(17)18(25-12-10-14(11-13-25)19(21)27)20-22-23-24-26(20)15-6-2-3-7-15/h4-5,8-9,14-15,18H,2-3,6-7,10-13H2,1H3,(H2,21,27)/t18-/m0/s1. The van der Waals surface area contributed by atoms with E-state index < -0.39 is 0 Å². The summed E-state index contributed by atoms with van der Waals surface area (Å²) in [6.45, 7) is 1.54. The Kier molecular flexibility index (Phi) is 5.57. The van der Waals surface area contributed by atoms with Crippen molar-refractivity contribution >= 4 is 5.91 Å². The third kappa shape index (κ3) is 3.61. The van der Waals surface area contributed by atoms with Gasteiger partial charge >= 0.3 is 0 Å². The molecule has 1 amide bonds. The minimum absolute atomic E-state index is 0.0552. The number of hydrogen-bond acceptors (Lipinski definition) is 6. The van der Waals surface area contributed by atoms with Crippen LogP contribution in [0.15, 0.2) is 24.3 Å². The molecule has 1 saturated carbocycles. The highest BCUT2D eigenvalue weighted by Gasteiger charge is 2.35. The molecule has 0 bridgehead atoms. The normalized spacial score (nSPS) is 20.3. The van der Waals surface area contributed by atoms with Crippen molar-refractivity contribution in [2.45, 2.75) is 50.6 Å². The molecule has 0 spiro atoms. The van der Waals surface area contributed by atoms with Crippen LogP contribution >= 0.6 is 0 Å². The molecule has 1 aliphatic carbocycles. The predicted molar refractivity (Wildman–Crippen MR) is 104 cm³/mol. The number of likely N-dealkylation sites (tertiary alicyclic amines) is 1. The topological polar surface area (TPSA) is 99.2 Å². The van der Waals surface area contributed by atoms with Crippen LogP contribution in [0.5, 0.6) is 5.75 Å². The number of rotatable bonds is 6. The van der Waals surface area contributed by atoms with Gasteiger partial charge in [0.2, 0.25) is 5.91 Å².